The van der Waals surface area contributed by atoms with Crippen molar-refractivity contribution in [3.8, 4) is 5.75 Å². The maximum absolute atomic E-state index is 5.98. The van der Waals surface area contributed by atoms with Gasteiger partial charge < -0.3 is 20.1 Å². The minimum Gasteiger partial charge on any atom is -0.492 e. The highest BCUT2D eigenvalue weighted by atomic mass is 16.5. The maximum Gasteiger partial charge on any atom is 0.191 e. The molecule has 0 saturated carbocycles. The molecule has 6 heteroatoms. The van der Waals surface area contributed by atoms with Crippen LogP contribution in [0.25, 0.3) is 0 Å². The van der Waals surface area contributed by atoms with Crippen LogP contribution in [0.2, 0.25) is 0 Å². The summed E-state index contributed by atoms with van der Waals surface area (Å²) in [6.07, 6.45) is 2.23. The van der Waals surface area contributed by atoms with Gasteiger partial charge in [-0.2, -0.15) is 0 Å². The number of hydrogen-bond acceptors (Lipinski definition) is 4. The van der Waals surface area contributed by atoms with Crippen LogP contribution in [0.4, 0.5) is 0 Å². The SMILES string of the molecule is CN=C(NCc1cccc(OCCN(C)C2CCOCC2)c1)NC(C)(C)C. The van der Waals surface area contributed by atoms with Crippen molar-refractivity contribution in [2.24, 2.45) is 4.99 Å². The molecule has 1 aliphatic heterocycles. The van der Waals surface area contributed by atoms with Crippen LogP contribution in [0.3, 0.4) is 0 Å². The average molecular weight is 377 g/mol. The summed E-state index contributed by atoms with van der Waals surface area (Å²) in [4.78, 5) is 6.66. The highest BCUT2D eigenvalue weighted by Gasteiger charge is 2.18. The van der Waals surface area contributed by atoms with E-state index < -0.39 is 0 Å². The number of benzene rings is 1. The lowest BCUT2D eigenvalue weighted by molar-refractivity contribution is 0.0392. The van der Waals surface area contributed by atoms with Gasteiger partial charge in [-0.15, -0.1) is 0 Å². The zero-order valence-corrected chi connectivity index (χ0v) is 17.5. The van der Waals surface area contributed by atoms with E-state index in [1.807, 2.05) is 12.1 Å². The topological polar surface area (TPSA) is 58.1 Å². The fraction of sp³-hybridized carbons (Fsp3) is 0.667. The first-order valence-electron chi connectivity index (χ1n) is 9.86. The Morgan fingerprint density at radius 2 is 2.04 bits per heavy atom. The Morgan fingerprint density at radius 3 is 2.70 bits per heavy atom. The molecule has 0 amide bonds. The number of aliphatic imine (C=N–C) groups is 1. The van der Waals surface area contributed by atoms with Crippen molar-refractivity contribution in [2.45, 2.75) is 51.7 Å². The molecule has 2 N–H and O–H groups in total. The molecule has 0 aliphatic carbocycles. The lowest BCUT2D eigenvalue weighted by Crippen LogP contribution is -2.47. The molecular weight excluding hydrogens is 340 g/mol. The molecule has 1 saturated heterocycles. The van der Waals surface area contributed by atoms with Crippen molar-refractivity contribution in [1.82, 2.24) is 15.5 Å². The molecule has 0 spiro atoms. The molecule has 1 aromatic rings. The van der Waals surface area contributed by atoms with E-state index in [4.69, 9.17) is 9.47 Å². The smallest absolute Gasteiger partial charge is 0.191 e. The standard InChI is InChI=1S/C21H36N4O2/c1-21(2,3)24-20(22-4)23-16-17-7-6-8-19(15-17)27-14-11-25(5)18-9-12-26-13-10-18/h6-8,15,18H,9-14,16H2,1-5H3,(H2,22,23,24). The van der Waals surface area contributed by atoms with Gasteiger partial charge in [0.2, 0.25) is 0 Å². The molecule has 2 rings (SSSR count). The molecule has 0 aromatic heterocycles. The van der Waals surface area contributed by atoms with Crippen LogP contribution in [0.15, 0.2) is 29.3 Å². The molecule has 0 radical (unpaired) electrons. The van der Waals surface area contributed by atoms with Gasteiger partial charge in [0.1, 0.15) is 12.4 Å². The van der Waals surface area contributed by atoms with Gasteiger partial charge in [0.05, 0.1) is 0 Å². The predicted octanol–water partition coefficient (Wildman–Crippen LogP) is 2.64. The molecule has 1 fully saturated rings. The summed E-state index contributed by atoms with van der Waals surface area (Å²) in [7, 11) is 3.96. The fourth-order valence-electron chi connectivity index (χ4n) is 3.08. The summed E-state index contributed by atoms with van der Waals surface area (Å²) in [6.45, 7) is 10.4. The molecule has 27 heavy (non-hydrogen) atoms. The van der Waals surface area contributed by atoms with Crippen LogP contribution < -0.4 is 15.4 Å². The lowest BCUT2D eigenvalue weighted by Gasteiger charge is -2.31. The molecule has 1 aliphatic rings. The highest BCUT2D eigenvalue weighted by molar-refractivity contribution is 5.80. The maximum atomic E-state index is 5.98. The Labute approximate surface area is 164 Å². The van der Waals surface area contributed by atoms with Crippen molar-refractivity contribution < 1.29 is 9.47 Å². The number of hydrogen-bond donors (Lipinski definition) is 2. The minimum atomic E-state index is -0.0245. The van der Waals surface area contributed by atoms with Crippen molar-refractivity contribution in [3.05, 3.63) is 29.8 Å². The van der Waals surface area contributed by atoms with Crippen molar-refractivity contribution in [1.29, 1.82) is 0 Å². The Balaban J connectivity index is 1.77. The Hall–Kier alpha value is -1.79. The van der Waals surface area contributed by atoms with Crippen LogP contribution in [0.1, 0.15) is 39.2 Å². The summed E-state index contributed by atoms with van der Waals surface area (Å²) in [5.74, 6) is 1.71. The van der Waals surface area contributed by atoms with Crippen molar-refractivity contribution >= 4 is 5.96 Å². The number of rotatable bonds is 7. The number of nitrogens with zero attached hydrogens (tertiary/aromatic N) is 2. The Kier molecular flexibility index (Phi) is 8.38. The van der Waals surface area contributed by atoms with Gasteiger partial charge in [0.25, 0.3) is 0 Å². The van der Waals surface area contributed by atoms with Gasteiger partial charge in [-0.1, -0.05) is 12.1 Å². The first-order chi connectivity index (χ1) is 12.9. The molecular formula is C21H36N4O2. The molecule has 6 nitrogen and oxygen atoms in total. The molecule has 0 unspecified atom stereocenters. The van der Waals surface area contributed by atoms with E-state index in [-0.39, 0.29) is 5.54 Å². The van der Waals surface area contributed by atoms with Gasteiger partial charge in [-0.05, 0) is 58.4 Å². The van der Waals surface area contributed by atoms with Crippen LogP contribution in [-0.4, -0.2) is 62.9 Å². The Bertz CT molecular complexity index is 592. The first kappa shape index (κ1) is 21.5. The average Bonchev–Trinajstić information content (AvgIpc) is 2.65. The van der Waals surface area contributed by atoms with E-state index in [1.54, 1.807) is 7.05 Å². The van der Waals surface area contributed by atoms with Crippen LogP contribution in [0, 0.1) is 0 Å². The third kappa shape index (κ3) is 8.18. The van der Waals surface area contributed by atoms with Gasteiger partial charge >= 0.3 is 0 Å². The summed E-state index contributed by atoms with van der Waals surface area (Å²) < 4.78 is 11.4. The highest BCUT2D eigenvalue weighted by Crippen LogP contribution is 2.15. The second kappa shape index (κ2) is 10.5. The molecule has 0 atom stereocenters. The zero-order valence-electron chi connectivity index (χ0n) is 17.5. The summed E-state index contributed by atoms with van der Waals surface area (Å²) in [5, 5.41) is 6.71. The van der Waals surface area contributed by atoms with Crippen LogP contribution >= 0.6 is 0 Å². The summed E-state index contributed by atoms with van der Waals surface area (Å²) in [5.41, 5.74) is 1.14. The van der Waals surface area contributed by atoms with E-state index in [2.05, 4.69) is 60.5 Å². The van der Waals surface area contributed by atoms with Gasteiger partial charge in [0, 0.05) is 44.9 Å². The van der Waals surface area contributed by atoms with E-state index in [0.29, 0.717) is 19.2 Å². The van der Waals surface area contributed by atoms with Gasteiger partial charge in [-0.3, -0.25) is 9.89 Å². The number of likely N-dealkylation sites (N-methyl/N-ethyl adjacent to an activating group) is 1. The number of guanidine groups is 1. The van der Waals surface area contributed by atoms with Crippen LogP contribution in [-0.2, 0) is 11.3 Å². The van der Waals surface area contributed by atoms with Gasteiger partial charge in [-0.25, -0.2) is 0 Å². The zero-order chi connectivity index (χ0) is 19.7. The molecule has 1 heterocycles. The summed E-state index contributed by atoms with van der Waals surface area (Å²) >= 11 is 0. The number of nitrogens with one attached hydrogen (secondary N) is 2. The molecule has 0 bridgehead atoms. The van der Waals surface area contributed by atoms with Crippen LogP contribution in [0.5, 0.6) is 5.75 Å². The van der Waals surface area contributed by atoms with E-state index >= 15 is 0 Å². The van der Waals surface area contributed by atoms with Crippen molar-refractivity contribution in [3.63, 3.8) is 0 Å². The third-order valence-electron chi connectivity index (χ3n) is 4.60. The normalized spacial score (nSPS) is 16.4. The lowest BCUT2D eigenvalue weighted by atomic mass is 10.1. The van der Waals surface area contributed by atoms with Gasteiger partial charge in [0.15, 0.2) is 5.96 Å². The van der Waals surface area contributed by atoms with E-state index in [9.17, 15) is 0 Å². The Morgan fingerprint density at radius 1 is 1.30 bits per heavy atom. The van der Waals surface area contributed by atoms with E-state index in [1.165, 1.54) is 5.56 Å². The largest absolute Gasteiger partial charge is 0.492 e. The quantitative estimate of drug-likeness (QED) is 0.566. The predicted molar refractivity (Wildman–Crippen MR) is 111 cm³/mol. The second-order valence-corrected chi connectivity index (χ2v) is 8.12. The monoisotopic (exact) mass is 376 g/mol. The van der Waals surface area contributed by atoms with Crippen molar-refractivity contribution in [2.75, 3.05) is 40.5 Å². The summed E-state index contributed by atoms with van der Waals surface area (Å²) in [6, 6.07) is 8.85. The fourth-order valence-corrected chi connectivity index (χ4v) is 3.08. The number of ether oxygens (including phenoxy) is 2. The third-order valence-corrected chi connectivity index (χ3v) is 4.60. The molecule has 152 valence electrons. The minimum absolute atomic E-state index is 0.0245. The van der Waals surface area contributed by atoms with E-state index in [0.717, 1.165) is 44.3 Å². The molecule has 1 aromatic carbocycles. The second-order valence-electron chi connectivity index (χ2n) is 8.12. The first-order valence-corrected chi connectivity index (χ1v) is 9.86.